The maximum Gasteiger partial charge on any atom is 0.240 e. The highest BCUT2D eigenvalue weighted by Gasteiger charge is 2.15. The molecule has 0 aromatic heterocycles. The molecule has 0 atom stereocenters. The van der Waals surface area contributed by atoms with Gasteiger partial charge in [0.2, 0.25) is 15.9 Å². The van der Waals surface area contributed by atoms with Crippen molar-refractivity contribution in [1.29, 1.82) is 0 Å². The fourth-order valence-corrected chi connectivity index (χ4v) is 4.70. The predicted octanol–water partition coefficient (Wildman–Crippen LogP) is 3.39. The number of carbonyl (C=O) groups excluding carboxylic acids is 1. The molecule has 0 bridgehead atoms. The second-order valence-corrected chi connectivity index (χ2v) is 10.2. The van der Waals surface area contributed by atoms with Crippen LogP contribution >= 0.6 is 0 Å². The molecule has 7 heteroatoms. The van der Waals surface area contributed by atoms with E-state index in [2.05, 4.69) is 40.9 Å². The van der Waals surface area contributed by atoms with Crippen molar-refractivity contribution in [3.05, 3.63) is 65.2 Å². The standard InChI is InChI=1S/C24H33N3O3S/c1-19(2)22-9-11-23(12-10-22)31(29,30)26-14-13-24(28)25-17-20-5-7-21(8-6-20)18-27-15-3-4-16-27/h5-12,19,26H,3-4,13-18H2,1-2H3,(H,25,28). The normalized spacial score (nSPS) is 14.8. The minimum Gasteiger partial charge on any atom is -0.352 e. The molecule has 168 valence electrons. The van der Waals surface area contributed by atoms with Gasteiger partial charge in [-0.25, -0.2) is 13.1 Å². The van der Waals surface area contributed by atoms with Gasteiger partial charge in [0.05, 0.1) is 4.90 Å². The first-order valence-electron chi connectivity index (χ1n) is 11.0. The highest BCUT2D eigenvalue weighted by Crippen LogP contribution is 2.17. The number of hydrogen-bond acceptors (Lipinski definition) is 4. The summed E-state index contributed by atoms with van der Waals surface area (Å²) in [7, 11) is -3.61. The molecule has 2 aromatic rings. The van der Waals surface area contributed by atoms with Crippen LogP contribution in [0.5, 0.6) is 0 Å². The smallest absolute Gasteiger partial charge is 0.240 e. The van der Waals surface area contributed by atoms with E-state index in [0.29, 0.717) is 12.5 Å². The van der Waals surface area contributed by atoms with Gasteiger partial charge in [-0.1, -0.05) is 50.2 Å². The van der Waals surface area contributed by atoms with Crippen molar-refractivity contribution in [1.82, 2.24) is 14.9 Å². The number of sulfonamides is 1. The number of hydrogen-bond donors (Lipinski definition) is 2. The number of nitrogens with one attached hydrogen (secondary N) is 2. The minimum atomic E-state index is -3.61. The Bertz CT molecular complexity index is 949. The lowest BCUT2D eigenvalue weighted by Gasteiger charge is -2.14. The van der Waals surface area contributed by atoms with Gasteiger partial charge in [0.25, 0.3) is 0 Å². The van der Waals surface area contributed by atoms with Crippen molar-refractivity contribution >= 4 is 15.9 Å². The molecule has 0 saturated carbocycles. The number of benzene rings is 2. The SMILES string of the molecule is CC(C)c1ccc(S(=O)(=O)NCCC(=O)NCc2ccc(CN3CCCC3)cc2)cc1. The van der Waals surface area contributed by atoms with Crippen molar-refractivity contribution in [2.24, 2.45) is 0 Å². The third-order valence-electron chi connectivity index (χ3n) is 5.62. The number of nitrogens with zero attached hydrogens (tertiary/aromatic N) is 1. The van der Waals surface area contributed by atoms with Crippen LogP contribution in [0.25, 0.3) is 0 Å². The van der Waals surface area contributed by atoms with E-state index in [1.54, 1.807) is 12.1 Å². The lowest BCUT2D eigenvalue weighted by atomic mass is 10.0. The first kappa shape index (κ1) is 23.4. The van der Waals surface area contributed by atoms with Crippen LogP contribution in [0.3, 0.4) is 0 Å². The Kier molecular flexibility index (Phi) is 8.23. The Morgan fingerprint density at radius 1 is 0.968 bits per heavy atom. The fraction of sp³-hybridized carbons (Fsp3) is 0.458. The Morgan fingerprint density at radius 2 is 1.58 bits per heavy atom. The van der Waals surface area contributed by atoms with E-state index in [0.717, 1.165) is 17.7 Å². The topological polar surface area (TPSA) is 78.5 Å². The summed E-state index contributed by atoms with van der Waals surface area (Å²) in [5, 5.41) is 2.85. The van der Waals surface area contributed by atoms with Crippen LogP contribution in [0.15, 0.2) is 53.4 Å². The van der Waals surface area contributed by atoms with Gasteiger partial charge < -0.3 is 5.32 Å². The summed E-state index contributed by atoms with van der Waals surface area (Å²) in [4.78, 5) is 14.8. The van der Waals surface area contributed by atoms with Crippen LogP contribution in [0.2, 0.25) is 0 Å². The monoisotopic (exact) mass is 443 g/mol. The van der Waals surface area contributed by atoms with Crippen molar-refractivity contribution in [2.45, 2.75) is 57.0 Å². The fourth-order valence-electron chi connectivity index (χ4n) is 3.66. The van der Waals surface area contributed by atoms with Crippen molar-refractivity contribution < 1.29 is 13.2 Å². The second-order valence-electron chi connectivity index (χ2n) is 8.45. The highest BCUT2D eigenvalue weighted by molar-refractivity contribution is 7.89. The average molecular weight is 444 g/mol. The van der Waals surface area contributed by atoms with E-state index in [1.807, 2.05) is 24.3 Å². The molecule has 1 heterocycles. The summed E-state index contributed by atoms with van der Waals surface area (Å²) in [6.45, 7) is 7.94. The quantitative estimate of drug-likeness (QED) is 0.590. The summed E-state index contributed by atoms with van der Waals surface area (Å²) in [6, 6.07) is 15.1. The van der Waals surface area contributed by atoms with Gasteiger partial charge >= 0.3 is 0 Å². The number of amides is 1. The molecule has 3 rings (SSSR count). The summed E-state index contributed by atoms with van der Waals surface area (Å²) < 4.78 is 27.3. The van der Waals surface area contributed by atoms with Gasteiger partial charge in [-0.2, -0.15) is 0 Å². The molecule has 1 fully saturated rings. The molecule has 6 nitrogen and oxygen atoms in total. The summed E-state index contributed by atoms with van der Waals surface area (Å²) in [5.74, 6) is 0.161. The maximum absolute atomic E-state index is 12.4. The van der Waals surface area contributed by atoms with E-state index in [9.17, 15) is 13.2 Å². The summed E-state index contributed by atoms with van der Waals surface area (Å²) in [5.41, 5.74) is 3.40. The molecule has 2 N–H and O–H groups in total. The number of likely N-dealkylation sites (tertiary alicyclic amines) is 1. The highest BCUT2D eigenvalue weighted by atomic mass is 32.2. The number of carbonyl (C=O) groups is 1. The van der Waals surface area contributed by atoms with Crippen LogP contribution in [0.4, 0.5) is 0 Å². The van der Waals surface area contributed by atoms with E-state index in [1.165, 1.54) is 31.5 Å². The van der Waals surface area contributed by atoms with Gasteiger partial charge in [-0.3, -0.25) is 9.69 Å². The first-order valence-corrected chi connectivity index (χ1v) is 12.5. The first-order chi connectivity index (χ1) is 14.8. The van der Waals surface area contributed by atoms with E-state index < -0.39 is 10.0 Å². The van der Waals surface area contributed by atoms with Crippen LogP contribution in [0, 0.1) is 0 Å². The average Bonchev–Trinajstić information content (AvgIpc) is 3.26. The molecule has 0 unspecified atom stereocenters. The van der Waals surface area contributed by atoms with Gasteiger partial charge in [-0.05, 0) is 60.7 Å². The van der Waals surface area contributed by atoms with E-state index in [-0.39, 0.29) is 23.8 Å². The van der Waals surface area contributed by atoms with Crippen molar-refractivity contribution in [3.63, 3.8) is 0 Å². The molecule has 31 heavy (non-hydrogen) atoms. The van der Waals surface area contributed by atoms with Crippen LogP contribution in [-0.2, 0) is 27.9 Å². The van der Waals surface area contributed by atoms with Crippen LogP contribution in [0.1, 0.15) is 55.7 Å². The molecule has 0 spiro atoms. The molecule has 0 radical (unpaired) electrons. The van der Waals surface area contributed by atoms with E-state index >= 15 is 0 Å². The molecular formula is C24H33N3O3S. The molecule has 1 saturated heterocycles. The van der Waals surface area contributed by atoms with Crippen molar-refractivity contribution in [3.8, 4) is 0 Å². The Hall–Kier alpha value is -2.22. The van der Waals surface area contributed by atoms with Gasteiger partial charge in [0.1, 0.15) is 0 Å². The molecule has 2 aromatic carbocycles. The van der Waals surface area contributed by atoms with Gasteiger partial charge in [0.15, 0.2) is 0 Å². The lowest BCUT2D eigenvalue weighted by molar-refractivity contribution is -0.121. The largest absolute Gasteiger partial charge is 0.352 e. The number of rotatable bonds is 10. The lowest BCUT2D eigenvalue weighted by Crippen LogP contribution is -2.30. The third kappa shape index (κ3) is 7.16. The van der Waals surface area contributed by atoms with Gasteiger partial charge in [0, 0.05) is 26.1 Å². The Morgan fingerprint density at radius 3 is 2.19 bits per heavy atom. The van der Waals surface area contributed by atoms with Crippen LogP contribution in [-0.4, -0.2) is 38.9 Å². The molecule has 0 aliphatic carbocycles. The summed E-state index contributed by atoms with van der Waals surface area (Å²) in [6.07, 6.45) is 2.66. The molecule has 1 aliphatic rings. The van der Waals surface area contributed by atoms with E-state index in [4.69, 9.17) is 0 Å². The molecule has 1 amide bonds. The zero-order valence-electron chi connectivity index (χ0n) is 18.4. The Labute approximate surface area is 186 Å². The predicted molar refractivity (Wildman–Crippen MR) is 123 cm³/mol. The Balaban J connectivity index is 1.39. The summed E-state index contributed by atoms with van der Waals surface area (Å²) >= 11 is 0. The van der Waals surface area contributed by atoms with Crippen molar-refractivity contribution in [2.75, 3.05) is 19.6 Å². The minimum absolute atomic E-state index is 0.0644. The van der Waals surface area contributed by atoms with Crippen LogP contribution < -0.4 is 10.0 Å². The molecular weight excluding hydrogens is 410 g/mol. The zero-order chi connectivity index (χ0) is 22.3. The van der Waals surface area contributed by atoms with Gasteiger partial charge in [-0.15, -0.1) is 0 Å². The maximum atomic E-state index is 12.4. The molecule has 1 aliphatic heterocycles. The third-order valence-corrected chi connectivity index (χ3v) is 7.10. The second kappa shape index (κ2) is 10.9. The zero-order valence-corrected chi connectivity index (χ0v) is 19.2.